The summed E-state index contributed by atoms with van der Waals surface area (Å²) in [4.78, 5) is 8.30. The molecule has 1 atom stereocenters. The Kier molecular flexibility index (Phi) is 5.44. The minimum absolute atomic E-state index is 0.0592. The first kappa shape index (κ1) is 20.3. The molecule has 5 N–H and O–H groups in total. The summed E-state index contributed by atoms with van der Waals surface area (Å²) in [6, 6.07) is 2.74. The van der Waals surface area contributed by atoms with Crippen molar-refractivity contribution in [3.05, 3.63) is 35.5 Å². The molecule has 0 amide bonds. The van der Waals surface area contributed by atoms with Crippen LogP contribution in [-0.4, -0.2) is 46.1 Å². The molecule has 2 aromatic heterocycles. The maximum Gasteiger partial charge on any atom is 0.197 e. The molecule has 28 heavy (non-hydrogen) atoms. The van der Waals surface area contributed by atoms with E-state index in [1.165, 1.54) is 16.8 Å². The number of benzene rings is 1. The Morgan fingerprint density at radius 2 is 2.11 bits per heavy atom. The number of hydrogen-bond acceptors (Lipinski definition) is 7. The van der Waals surface area contributed by atoms with E-state index in [0.717, 1.165) is 0 Å². The van der Waals surface area contributed by atoms with Gasteiger partial charge in [-0.2, -0.15) is 0 Å². The van der Waals surface area contributed by atoms with E-state index in [-0.39, 0.29) is 28.7 Å². The van der Waals surface area contributed by atoms with Crippen molar-refractivity contribution in [2.24, 2.45) is 0 Å². The maximum absolute atomic E-state index is 14.6. The molecule has 1 unspecified atom stereocenters. The Hall–Kier alpha value is -2.47. The molecule has 0 radical (unpaired) electrons. The maximum atomic E-state index is 14.6. The quantitative estimate of drug-likeness (QED) is 0.471. The van der Waals surface area contributed by atoms with Crippen LogP contribution in [0.4, 0.5) is 10.2 Å². The zero-order valence-corrected chi connectivity index (χ0v) is 16.4. The number of rotatable bonds is 6. The van der Waals surface area contributed by atoms with Gasteiger partial charge in [-0.25, -0.2) is 27.8 Å². The fraction of sp³-hybridized carbons (Fsp3) is 0.353. The van der Waals surface area contributed by atoms with Crippen LogP contribution in [0.2, 0.25) is 0 Å². The number of imidazole rings is 1. The van der Waals surface area contributed by atoms with Crippen molar-refractivity contribution in [1.29, 1.82) is 0 Å². The van der Waals surface area contributed by atoms with Crippen molar-refractivity contribution in [1.82, 2.24) is 24.3 Å². The molecule has 150 valence electrons. The fourth-order valence-electron chi connectivity index (χ4n) is 2.55. The first-order valence-corrected chi connectivity index (χ1v) is 9.55. The standard InChI is InChI=1S/C17H21FN6O3S/c1-9-11(4-10(5-12(9)18)28(27)21-8-17(2,3)26)13-6-20-16-15(19)22-14(7-25)23-24(13)16/h4-6,21,25-26H,7-8H2,1-3H3,(H2,19,22,23). The number of aliphatic hydroxyl groups excluding tert-OH is 1. The van der Waals surface area contributed by atoms with Gasteiger partial charge in [0.1, 0.15) is 23.4 Å². The van der Waals surface area contributed by atoms with E-state index in [2.05, 4.69) is 19.8 Å². The van der Waals surface area contributed by atoms with Crippen LogP contribution in [-0.2, 0) is 17.6 Å². The van der Waals surface area contributed by atoms with E-state index in [4.69, 9.17) is 5.73 Å². The van der Waals surface area contributed by atoms with Gasteiger partial charge < -0.3 is 15.9 Å². The summed E-state index contributed by atoms with van der Waals surface area (Å²) in [6.45, 7) is 4.36. The molecule has 0 aliphatic carbocycles. The van der Waals surface area contributed by atoms with E-state index in [1.54, 1.807) is 26.8 Å². The van der Waals surface area contributed by atoms with Gasteiger partial charge in [0.25, 0.3) is 0 Å². The monoisotopic (exact) mass is 408 g/mol. The normalized spacial score (nSPS) is 13.2. The zero-order valence-electron chi connectivity index (χ0n) is 15.6. The number of hydrogen-bond donors (Lipinski definition) is 4. The van der Waals surface area contributed by atoms with E-state index in [0.29, 0.717) is 16.8 Å². The van der Waals surface area contributed by atoms with Crippen molar-refractivity contribution in [3.63, 3.8) is 0 Å². The van der Waals surface area contributed by atoms with Gasteiger partial charge in [-0.3, -0.25) is 0 Å². The van der Waals surface area contributed by atoms with Gasteiger partial charge in [0, 0.05) is 12.1 Å². The predicted molar refractivity (Wildman–Crippen MR) is 102 cm³/mol. The molecule has 0 fully saturated rings. The molecule has 2 heterocycles. The van der Waals surface area contributed by atoms with Crippen molar-refractivity contribution in [3.8, 4) is 11.3 Å². The molecule has 0 aliphatic rings. The highest BCUT2D eigenvalue weighted by Crippen LogP contribution is 2.29. The SMILES string of the molecule is Cc1c(F)cc(S(=O)NCC(C)(C)O)cc1-c1cnc2c(N)nc(CO)nn12. The van der Waals surface area contributed by atoms with Crippen LogP contribution in [0.5, 0.6) is 0 Å². The predicted octanol–water partition coefficient (Wildman–Crippen LogP) is 0.696. The van der Waals surface area contributed by atoms with Crippen LogP contribution >= 0.6 is 0 Å². The number of aromatic nitrogens is 4. The number of nitrogens with two attached hydrogens (primary N) is 1. The number of nitrogens with one attached hydrogen (secondary N) is 1. The van der Waals surface area contributed by atoms with Crippen LogP contribution in [0.15, 0.2) is 23.2 Å². The number of anilines is 1. The average molecular weight is 408 g/mol. The summed E-state index contributed by atoms with van der Waals surface area (Å²) < 4.78 is 31.1. The highest BCUT2D eigenvalue weighted by molar-refractivity contribution is 7.83. The number of nitrogen functional groups attached to an aromatic ring is 1. The lowest BCUT2D eigenvalue weighted by Crippen LogP contribution is -2.35. The van der Waals surface area contributed by atoms with Crippen LogP contribution in [0, 0.1) is 12.7 Å². The van der Waals surface area contributed by atoms with Gasteiger partial charge in [-0.15, -0.1) is 5.10 Å². The van der Waals surface area contributed by atoms with Gasteiger partial charge >= 0.3 is 0 Å². The Labute approximate surface area is 163 Å². The lowest BCUT2D eigenvalue weighted by atomic mass is 10.1. The molecule has 0 aliphatic heterocycles. The minimum atomic E-state index is -1.74. The van der Waals surface area contributed by atoms with Crippen molar-refractivity contribution < 1.29 is 18.8 Å². The fourth-order valence-corrected chi connectivity index (χ4v) is 3.64. The Balaban J connectivity index is 2.10. The van der Waals surface area contributed by atoms with Crippen LogP contribution in [0.1, 0.15) is 25.2 Å². The highest BCUT2D eigenvalue weighted by atomic mass is 32.2. The third-order valence-electron chi connectivity index (χ3n) is 4.02. The molecule has 3 aromatic rings. The summed E-state index contributed by atoms with van der Waals surface area (Å²) in [5, 5.41) is 23.3. The summed E-state index contributed by atoms with van der Waals surface area (Å²) in [5.74, 6) is -0.380. The smallest absolute Gasteiger partial charge is 0.197 e. The van der Waals surface area contributed by atoms with Crippen LogP contribution < -0.4 is 10.5 Å². The Morgan fingerprint density at radius 3 is 2.75 bits per heavy atom. The Bertz CT molecular complexity index is 1060. The molecule has 0 spiro atoms. The van der Waals surface area contributed by atoms with Gasteiger partial charge in [0.15, 0.2) is 17.3 Å². The second kappa shape index (κ2) is 7.51. The molecule has 11 heteroatoms. The van der Waals surface area contributed by atoms with Gasteiger partial charge in [-0.1, -0.05) is 0 Å². The number of halogens is 1. The number of aliphatic hydroxyl groups is 2. The molecule has 0 saturated heterocycles. The lowest BCUT2D eigenvalue weighted by Gasteiger charge is -2.17. The first-order chi connectivity index (χ1) is 13.1. The molecule has 0 bridgehead atoms. The first-order valence-electron chi connectivity index (χ1n) is 8.40. The molecule has 1 aromatic carbocycles. The second-order valence-corrected chi connectivity index (χ2v) is 8.23. The summed E-state index contributed by atoms with van der Waals surface area (Å²) in [6.07, 6.45) is 1.46. The largest absolute Gasteiger partial charge is 0.389 e. The van der Waals surface area contributed by atoms with Crippen molar-refractivity contribution in [2.75, 3.05) is 12.3 Å². The average Bonchev–Trinajstić information content (AvgIpc) is 3.05. The van der Waals surface area contributed by atoms with Crippen molar-refractivity contribution >= 4 is 22.5 Å². The van der Waals surface area contributed by atoms with E-state index >= 15 is 0 Å². The third kappa shape index (κ3) is 4.02. The van der Waals surface area contributed by atoms with E-state index < -0.39 is 29.0 Å². The van der Waals surface area contributed by atoms with Crippen LogP contribution in [0.3, 0.4) is 0 Å². The summed E-state index contributed by atoms with van der Waals surface area (Å²) in [5.41, 5.74) is 6.19. The molecule has 3 rings (SSSR count). The molecular weight excluding hydrogens is 387 g/mol. The van der Waals surface area contributed by atoms with Crippen molar-refractivity contribution in [2.45, 2.75) is 37.9 Å². The molecule has 9 nitrogen and oxygen atoms in total. The van der Waals surface area contributed by atoms with E-state index in [9.17, 15) is 18.8 Å². The minimum Gasteiger partial charge on any atom is -0.389 e. The van der Waals surface area contributed by atoms with Gasteiger partial charge in [-0.05, 0) is 38.5 Å². The van der Waals surface area contributed by atoms with E-state index in [1.807, 2.05) is 0 Å². The number of fused-ring (bicyclic) bond motifs is 1. The summed E-state index contributed by atoms with van der Waals surface area (Å²) in [7, 11) is -1.74. The number of nitrogens with zero attached hydrogens (tertiary/aromatic N) is 4. The zero-order chi connectivity index (χ0) is 20.6. The summed E-state index contributed by atoms with van der Waals surface area (Å²) >= 11 is 0. The molecule has 0 saturated carbocycles. The van der Waals surface area contributed by atoms with Gasteiger partial charge in [0.2, 0.25) is 0 Å². The lowest BCUT2D eigenvalue weighted by molar-refractivity contribution is 0.0861. The second-order valence-electron chi connectivity index (χ2n) is 6.93. The highest BCUT2D eigenvalue weighted by Gasteiger charge is 2.19. The van der Waals surface area contributed by atoms with Gasteiger partial charge in [0.05, 0.1) is 22.4 Å². The van der Waals surface area contributed by atoms with Crippen LogP contribution in [0.25, 0.3) is 16.9 Å². The molecular formula is C17H21FN6O3S. The topological polar surface area (TPSA) is 139 Å². The Morgan fingerprint density at radius 1 is 1.39 bits per heavy atom. The third-order valence-corrected chi connectivity index (χ3v) is 5.09.